The van der Waals surface area contributed by atoms with Crippen molar-refractivity contribution in [2.24, 2.45) is 0 Å². The highest BCUT2D eigenvalue weighted by molar-refractivity contribution is 8.00. The van der Waals surface area contributed by atoms with Gasteiger partial charge in [-0.1, -0.05) is 23.5 Å². The zero-order chi connectivity index (χ0) is 19.9. The number of ether oxygens (including phenoxy) is 1. The lowest BCUT2D eigenvalue weighted by molar-refractivity contribution is -0.114. The van der Waals surface area contributed by atoms with Gasteiger partial charge in [0, 0.05) is 5.69 Å². The maximum absolute atomic E-state index is 12.1. The maximum Gasteiger partial charge on any atom is 0.236 e. The number of aromatic nitrogens is 1. The van der Waals surface area contributed by atoms with E-state index in [9.17, 15) is 9.59 Å². The molecule has 3 aromatic rings. The van der Waals surface area contributed by atoms with Crippen LogP contribution < -0.4 is 15.4 Å². The molecule has 0 aliphatic rings. The third-order valence-corrected chi connectivity index (χ3v) is 5.55. The minimum absolute atomic E-state index is 0.133. The van der Waals surface area contributed by atoms with Gasteiger partial charge in [-0.05, 0) is 49.7 Å². The number of fused-ring (bicyclic) bond motifs is 1. The molecule has 6 nitrogen and oxygen atoms in total. The Labute approximate surface area is 171 Å². The minimum Gasteiger partial charge on any atom is -0.494 e. The van der Waals surface area contributed by atoms with Gasteiger partial charge < -0.3 is 15.4 Å². The van der Waals surface area contributed by atoms with Crippen molar-refractivity contribution in [1.82, 2.24) is 4.98 Å². The summed E-state index contributed by atoms with van der Waals surface area (Å²) in [7, 11) is 0. The van der Waals surface area contributed by atoms with Crippen molar-refractivity contribution in [2.45, 2.75) is 13.8 Å². The van der Waals surface area contributed by atoms with Crippen LogP contribution in [0.5, 0.6) is 5.75 Å². The lowest BCUT2D eigenvalue weighted by Gasteiger charge is -2.06. The second kappa shape index (κ2) is 9.57. The van der Waals surface area contributed by atoms with Crippen LogP contribution in [0.4, 0.5) is 10.8 Å². The van der Waals surface area contributed by atoms with E-state index in [0.717, 1.165) is 27.2 Å². The van der Waals surface area contributed by atoms with E-state index in [1.165, 1.54) is 23.1 Å². The first-order valence-electron chi connectivity index (χ1n) is 8.81. The number of amides is 2. The molecule has 28 heavy (non-hydrogen) atoms. The predicted molar refractivity (Wildman–Crippen MR) is 117 cm³/mol. The van der Waals surface area contributed by atoms with Crippen LogP contribution in [0.25, 0.3) is 10.2 Å². The van der Waals surface area contributed by atoms with E-state index in [1.807, 2.05) is 56.3 Å². The van der Waals surface area contributed by atoms with E-state index < -0.39 is 0 Å². The first-order chi connectivity index (χ1) is 13.5. The van der Waals surface area contributed by atoms with Crippen molar-refractivity contribution in [3.63, 3.8) is 0 Å². The Bertz CT molecular complexity index is 988. The highest BCUT2D eigenvalue weighted by atomic mass is 32.2. The van der Waals surface area contributed by atoms with Crippen molar-refractivity contribution < 1.29 is 14.3 Å². The topological polar surface area (TPSA) is 80.3 Å². The van der Waals surface area contributed by atoms with E-state index in [2.05, 4.69) is 15.6 Å². The number of rotatable bonds is 8. The summed E-state index contributed by atoms with van der Waals surface area (Å²) >= 11 is 2.66. The van der Waals surface area contributed by atoms with Crippen LogP contribution in [0.15, 0.2) is 42.5 Å². The Balaban J connectivity index is 1.46. The molecule has 0 atom stereocenters. The van der Waals surface area contributed by atoms with Crippen LogP contribution in [0.3, 0.4) is 0 Å². The van der Waals surface area contributed by atoms with Crippen molar-refractivity contribution in [3.8, 4) is 5.75 Å². The standard InChI is InChI=1S/C20H21N3O3S2/c1-3-26-15-7-8-16-17(10-15)28-20(22-16)23-19(25)12-27-11-18(24)21-14-6-4-5-13(2)9-14/h4-10H,3,11-12H2,1-2H3,(H,21,24)(H,22,23,25). The second-order valence-electron chi connectivity index (χ2n) is 6.04. The smallest absolute Gasteiger partial charge is 0.236 e. The number of hydrogen-bond acceptors (Lipinski definition) is 6. The second-order valence-corrected chi connectivity index (χ2v) is 8.06. The summed E-state index contributed by atoms with van der Waals surface area (Å²) in [6.07, 6.45) is 0. The average Bonchev–Trinajstić information content (AvgIpc) is 3.03. The molecule has 0 saturated heterocycles. The fourth-order valence-electron chi connectivity index (χ4n) is 2.53. The molecule has 0 radical (unpaired) electrons. The summed E-state index contributed by atoms with van der Waals surface area (Å²) in [5, 5.41) is 6.15. The van der Waals surface area contributed by atoms with Gasteiger partial charge in [-0.25, -0.2) is 4.98 Å². The van der Waals surface area contributed by atoms with Crippen LogP contribution in [0.2, 0.25) is 0 Å². The number of nitrogens with zero attached hydrogens (tertiary/aromatic N) is 1. The largest absolute Gasteiger partial charge is 0.494 e. The highest BCUT2D eigenvalue weighted by Crippen LogP contribution is 2.29. The van der Waals surface area contributed by atoms with Crippen LogP contribution in [-0.2, 0) is 9.59 Å². The summed E-state index contributed by atoms with van der Waals surface area (Å²) in [5.74, 6) is 0.858. The number of nitrogens with one attached hydrogen (secondary N) is 2. The Kier molecular flexibility index (Phi) is 6.89. The molecular weight excluding hydrogens is 394 g/mol. The van der Waals surface area contributed by atoms with E-state index in [4.69, 9.17) is 4.74 Å². The number of carbonyl (C=O) groups excluding carboxylic acids is 2. The molecule has 0 aliphatic heterocycles. The maximum atomic E-state index is 12.1. The average molecular weight is 416 g/mol. The molecule has 2 aromatic carbocycles. The minimum atomic E-state index is -0.183. The first-order valence-corrected chi connectivity index (χ1v) is 10.8. The molecule has 0 saturated carbocycles. The Morgan fingerprint density at radius 3 is 2.64 bits per heavy atom. The van der Waals surface area contributed by atoms with Gasteiger partial charge in [0.25, 0.3) is 0 Å². The summed E-state index contributed by atoms with van der Waals surface area (Å²) < 4.78 is 6.43. The van der Waals surface area contributed by atoms with E-state index in [1.54, 1.807) is 0 Å². The Hall–Kier alpha value is -2.58. The van der Waals surface area contributed by atoms with Gasteiger partial charge >= 0.3 is 0 Å². The molecule has 0 unspecified atom stereocenters. The molecule has 0 aliphatic carbocycles. The normalized spacial score (nSPS) is 10.6. The summed E-state index contributed by atoms with van der Waals surface area (Å²) in [6.45, 7) is 4.50. The lowest BCUT2D eigenvalue weighted by atomic mass is 10.2. The number of thiazole rings is 1. The highest BCUT2D eigenvalue weighted by Gasteiger charge is 2.10. The summed E-state index contributed by atoms with van der Waals surface area (Å²) in [5.41, 5.74) is 2.65. The van der Waals surface area contributed by atoms with Crippen LogP contribution >= 0.6 is 23.1 Å². The molecule has 0 fully saturated rings. The van der Waals surface area contributed by atoms with Crippen molar-refractivity contribution in [1.29, 1.82) is 0 Å². The van der Waals surface area contributed by atoms with E-state index >= 15 is 0 Å². The number of carbonyl (C=O) groups is 2. The van der Waals surface area contributed by atoms with Crippen LogP contribution in [0.1, 0.15) is 12.5 Å². The number of aryl methyl sites for hydroxylation is 1. The summed E-state index contributed by atoms with van der Waals surface area (Å²) in [4.78, 5) is 28.5. The first kappa shape index (κ1) is 20.2. The number of hydrogen-bond donors (Lipinski definition) is 2. The molecule has 1 aromatic heterocycles. The van der Waals surface area contributed by atoms with Gasteiger partial charge in [0.05, 0.1) is 28.3 Å². The fourth-order valence-corrected chi connectivity index (χ4v) is 4.05. The van der Waals surface area contributed by atoms with Crippen molar-refractivity contribution >= 4 is 55.9 Å². The third kappa shape index (κ3) is 5.71. The van der Waals surface area contributed by atoms with Gasteiger partial charge in [0.15, 0.2) is 5.13 Å². The van der Waals surface area contributed by atoms with Gasteiger partial charge in [-0.3, -0.25) is 9.59 Å². The number of benzene rings is 2. The SMILES string of the molecule is CCOc1ccc2nc(NC(=O)CSCC(=O)Nc3cccc(C)c3)sc2c1. The zero-order valence-corrected chi connectivity index (χ0v) is 17.3. The van der Waals surface area contributed by atoms with E-state index in [0.29, 0.717) is 11.7 Å². The molecule has 1 heterocycles. The van der Waals surface area contributed by atoms with Crippen molar-refractivity contribution in [2.75, 3.05) is 28.7 Å². The van der Waals surface area contributed by atoms with Gasteiger partial charge in [-0.2, -0.15) is 0 Å². The van der Waals surface area contributed by atoms with Gasteiger partial charge in [0.1, 0.15) is 5.75 Å². The Morgan fingerprint density at radius 1 is 1.11 bits per heavy atom. The molecule has 8 heteroatoms. The molecule has 146 valence electrons. The third-order valence-electron chi connectivity index (χ3n) is 3.69. The molecular formula is C20H21N3O3S2. The predicted octanol–water partition coefficient (Wildman–Crippen LogP) is 4.31. The molecule has 2 N–H and O–H groups in total. The number of anilines is 2. The molecule has 0 bridgehead atoms. The molecule has 2 amide bonds. The van der Waals surface area contributed by atoms with Gasteiger partial charge in [0.2, 0.25) is 11.8 Å². The van der Waals surface area contributed by atoms with Crippen LogP contribution in [0, 0.1) is 6.92 Å². The van der Waals surface area contributed by atoms with Crippen LogP contribution in [-0.4, -0.2) is 34.9 Å². The summed E-state index contributed by atoms with van der Waals surface area (Å²) in [6, 6.07) is 13.2. The van der Waals surface area contributed by atoms with Crippen molar-refractivity contribution in [3.05, 3.63) is 48.0 Å². The van der Waals surface area contributed by atoms with E-state index in [-0.39, 0.29) is 23.3 Å². The molecule has 0 spiro atoms. The molecule has 3 rings (SSSR count). The quantitative estimate of drug-likeness (QED) is 0.573. The van der Waals surface area contributed by atoms with Gasteiger partial charge in [-0.15, -0.1) is 11.8 Å². The lowest BCUT2D eigenvalue weighted by Crippen LogP contribution is -2.18. The fraction of sp³-hybridized carbons (Fsp3) is 0.250. The monoisotopic (exact) mass is 415 g/mol. The zero-order valence-electron chi connectivity index (χ0n) is 15.7. The Morgan fingerprint density at radius 2 is 1.89 bits per heavy atom. The number of thioether (sulfide) groups is 1.